The van der Waals surface area contributed by atoms with Gasteiger partial charge in [-0.15, -0.1) is 0 Å². The molecule has 0 N–H and O–H groups in total. The highest BCUT2D eigenvalue weighted by Crippen LogP contribution is 2.30. The molecule has 2 heterocycles. The van der Waals surface area contributed by atoms with E-state index in [0.717, 1.165) is 0 Å². The summed E-state index contributed by atoms with van der Waals surface area (Å²) in [6, 6.07) is 6.48. The van der Waals surface area contributed by atoms with E-state index < -0.39 is 4.92 Å². The number of anilines is 2. The molecule has 128 valence electrons. The van der Waals surface area contributed by atoms with Gasteiger partial charge in [0.05, 0.1) is 36.1 Å². The molecule has 0 spiro atoms. The largest absolute Gasteiger partial charge is 0.480 e. The third-order valence-corrected chi connectivity index (χ3v) is 4.05. The Morgan fingerprint density at radius 1 is 1.24 bits per heavy atom. The molecule has 1 fully saturated rings. The summed E-state index contributed by atoms with van der Waals surface area (Å²) in [7, 11) is 1.54. The summed E-state index contributed by atoms with van der Waals surface area (Å²) in [6.45, 7) is 2.51. The Balaban J connectivity index is 1.76. The van der Waals surface area contributed by atoms with Crippen LogP contribution in [0.15, 0.2) is 30.6 Å². The van der Waals surface area contributed by atoms with Crippen molar-refractivity contribution in [3.8, 4) is 11.9 Å². The highest BCUT2D eigenvalue weighted by Gasteiger charge is 2.25. The average Bonchev–Trinajstić information content (AvgIpc) is 2.67. The molecule has 3 rings (SSSR count). The van der Waals surface area contributed by atoms with Crippen LogP contribution in [0.3, 0.4) is 0 Å². The third kappa shape index (κ3) is 3.42. The normalized spacial score (nSPS) is 14.1. The predicted octanol–water partition coefficient (Wildman–Crippen LogP) is 1.59. The fraction of sp³-hybridized carbons (Fsp3) is 0.312. The first-order chi connectivity index (χ1) is 12.1. The maximum atomic E-state index is 11.3. The number of ether oxygens (including phenoxy) is 1. The van der Waals surface area contributed by atoms with E-state index in [4.69, 9.17) is 10.00 Å². The number of nitrogens with zero attached hydrogens (tertiary/aromatic N) is 6. The van der Waals surface area contributed by atoms with E-state index in [0.29, 0.717) is 43.6 Å². The van der Waals surface area contributed by atoms with Crippen molar-refractivity contribution in [1.82, 2.24) is 9.97 Å². The lowest BCUT2D eigenvalue weighted by Crippen LogP contribution is -2.47. The Labute approximate surface area is 144 Å². The summed E-state index contributed by atoms with van der Waals surface area (Å²) in [4.78, 5) is 23.3. The van der Waals surface area contributed by atoms with E-state index in [1.54, 1.807) is 24.5 Å². The first kappa shape index (κ1) is 16.4. The fourth-order valence-corrected chi connectivity index (χ4v) is 2.77. The molecule has 0 saturated carbocycles. The number of benzene rings is 1. The summed E-state index contributed by atoms with van der Waals surface area (Å²) >= 11 is 0. The minimum atomic E-state index is -0.448. The van der Waals surface area contributed by atoms with Crippen LogP contribution in [0.2, 0.25) is 0 Å². The van der Waals surface area contributed by atoms with Crippen LogP contribution in [0, 0.1) is 21.4 Å². The first-order valence-electron chi connectivity index (χ1n) is 7.67. The quantitative estimate of drug-likeness (QED) is 0.610. The van der Waals surface area contributed by atoms with Crippen molar-refractivity contribution in [3.63, 3.8) is 0 Å². The molecule has 25 heavy (non-hydrogen) atoms. The number of rotatable bonds is 4. The SMILES string of the molecule is COc1cncc(N2CCN(c3ccc(C#N)cc3[N+](=O)[O-])CC2)n1. The van der Waals surface area contributed by atoms with E-state index >= 15 is 0 Å². The van der Waals surface area contributed by atoms with Gasteiger partial charge < -0.3 is 14.5 Å². The van der Waals surface area contributed by atoms with Gasteiger partial charge in [-0.25, -0.2) is 0 Å². The number of methoxy groups -OCH3 is 1. The minimum Gasteiger partial charge on any atom is -0.480 e. The molecule has 9 nitrogen and oxygen atoms in total. The molecule has 1 saturated heterocycles. The Bertz CT molecular complexity index is 827. The molecule has 0 atom stereocenters. The molecule has 9 heteroatoms. The lowest BCUT2D eigenvalue weighted by molar-refractivity contribution is -0.384. The second-order valence-corrected chi connectivity index (χ2v) is 5.47. The number of nitriles is 1. The maximum Gasteiger partial charge on any atom is 0.293 e. The topological polar surface area (TPSA) is 108 Å². The highest BCUT2D eigenvalue weighted by atomic mass is 16.6. The third-order valence-electron chi connectivity index (χ3n) is 4.05. The van der Waals surface area contributed by atoms with Gasteiger partial charge in [-0.3, -0.25) is 15.1 Å². The van der Waals surface area contributed by atoms with Crippen LogP contribution in [-0.4, -0.2) is 48.2 Å². The van der Waals surface area contributed by atoms with Gasteiger partial charge in [-0.05, 0) is 12.1 Å². The number of nitro groups is 1. The molecule has 2 aromatic rings. The van der Waals surface area contributed by atoms with E-state index in [1.807, 2.05) is 11.0 Å². The van der Waals surface area contributed by atoms with Crippen molar-refractivity contribution in [1.29, 1.82) is 5.26 Å². The summed E-state index contributed by atoms with van der Waals surface area (Å²) in [5, 5.41) is 20.2. The minimum absolute atomic E-state index is 0.0475. The lowest BCUT2D eigenvalue weighted by atomic mass is 10.1. The zero-order chi connectivity index (χ0) is 17.8. The van der Waals surface area contributed by atoms with Crippen molar-refractivity contribution < 1.29 is 9.66 Å². The molecular formula is C16H16N6O3. The summed E-state index contributed by atoms with van der Waals surface area (Å²) < 4.78 is 5.09. The molecule has 0 radical (unpaired) electrons. The average molecular weight is 340 g/mol. The zero-order valence-corrected chi connectivity index (χ0v) is 13.6. The van der Waals surface area contributed by atoms with Crippen LogP contribution in [0.4, 0.5) is 17.2 Å². The molecular weight excluding hydrogens is 324 g/mol. The van der Waals surface area contributed by atoms with E-state index in [1.165, 1.54) is 13.2 Å². The van der Waals surface area contributed by atoms with Crippen molar-refractivity contribution in [2.75, 3.05) is 43.1 Å². The van der Waals surface area contributed by atoms with Crippen molar-refractivity contribution in [2.45, 2.75) is 0 Å². The fourth-order valence-electron chi connectivity index (χ4n) is 2.77. The molecule has 1 aromatic heterocycles. The number of aromatic nitrogens is 2. The van der Waals surface area contributed by atoms with Gasteiger partial charge in [-0.2, -0.15) is 10.2 Å². The van der Waals surface area contributed by atoms with Gasteiger partial charge in [0.1, 0.15) is 5.69 Å². The van der Waals surface area contributed by atoms with Crippen molar-refractivity contribution in [3.05, 3.63) is 46.3 Å². The molecule has 1 aliphatic heterocycles. The van der Waals surface area contributed by atoms with Gasteiger partial charge in [0, 0.05) is 32.2 Å². The second kappa shape index (κ2) is 7.00. The van der Waals surface area contributed by atoms with Gasteiger partial charge in [0.15, 0.2) is 5.82 Å². The summed E-state index contributed by atoms with van der Waals surface area (Å²) in [5.74, 6) is 1.16. The van der Waals surface area contributed by atoms with Gasteiger partial charge in [0.25, 0.3) is 5.69 Å². The number of hydrogen-bond acceptors (Lipinski definition) is 8. The van der Waals surface area contributed by atoms with E-state index in [2.05, 4.69) is 14.9 Å². The van der Waals surface area contributed by atoms with E-state index in [9.17, 15) is 10.1 Å². The van der Waals surface area contributed by atoms with Crippen LogP contribution < -0.4 is 14.5 Å². The molecule has 1 aromatic carbocycles. The Hall–Kier alpha value is -3.41. The van der Waals surface area contributed by atoms with Crippen LogP contribution in [0.1, 0.15) is 5.56 Å². The predicted molar refractivity (Wildman–Crippen MR) is 90.8 cm³/mol. The smallest absolute Gasteiger partial charge is 0.293 e. The summed E-state index contributed by atoms with van der Waals surface area (Å²) in [6.07, 6.45) is 3.21. The number of piperazine rings is 1. The van der Waals surface area contributed by atoms with E-state index in [-0.39, 0.29) is 11.3 Å². The van der Waals surface area contributed by atoms with Crippen LogP contribution in [0.25, 0.3) is 0 Å². The molecule has 0 aliphatic carbocycles. The van der Waals surface area contributed by atoms with Crippen LogP contribution in [-0.2, 0) is 0 Å². The number of nitro benzene ring substituents is 1. The Morgan fingerprint density at radius 2 is 1.96 bits per heavy atom. The lowest BCUT2D eigenvalue weighted by Gasteiger charge is -2.36. The van der Waals surface area contributed by atoms with Crippen molar-refractivity contribution >= 4 is 17.2 Å². The second-order valence-electron chi connectivity index (χ2n) is 5.47. The van der Waals surface area contributed by atoms with Gasteiger partial charge in [0.2, 0.25) is 5.88 Å². The molecule has 0 amide bonds. The standard InChI is InChI=1S/C16H16N6O3/c1-25-16-11-18-10-15(19-16)21-6-4-20(5-7-21)13-3-2-12(9-17)8-14(13)22(23)24/h2-3,8,10-11H,4-7H2,1H3. The van der Waals surface area contributed by atoms with Crippen LogP contribution in [0.5, 0.6) is 5.88 Å². The molecule has 0 unspecified atom stereocenters. The Morgan fingerprint density at radius 3 is 2.60 bits per heavy atom. The van der Waals surface area contributed by atoms with Crippen LogP contribution >= 0.6 is 0 Å². The van der Waals surface area contributed by atoms with Gasteiger partial charge in [-0.1, -0.05) is 0 Å². The monoisotopic (exact) mass is 340 g/mol. The Kier molecular flexibility index (Phi) is 4.61. The van der Waals surface area contributed by atoms with Gasteiger partial charge >= 0.3 is 0 Å². The zero-order valence-electron chi connectivity index (χ0n) is 13.6. The molecule has 0 bridgehead atoms. The highest BCUT2D eigenvalue weighted by molar-refractivity contribution is 5.66. The molecule has 1 aliphatic rings. The van der Waals surface area contributed by atoms with Crippen molar-refractivity contribution in [2.24, 2.45) is 0 Å². The first-order valence-corrected chi connectivity index (χ1v) is 7.67. The summed E-state index contributed by atoms with van der Waals surface area (Å²) in [5.41, 5.74) is 0.759. The number of hydrogen-bond donors (Lipinski definition) is 0. The maximum absolute atomic E-state index is 11.3.